The number of sulfonamides is 1. The minimum absolute atomic E-state index is 0.0735. The number of ether oxygens (including phenoxy) is 2. The zero-order valence-corrected chi connectivity index (χ0v) is 31.9. The summed E-state index contributed by atoms with van der Waals surface area (Å²) in [7, 11) is -3.97. The van der Waals surface area contributed by atoms with Crippen LogP contribution in [0.1, 0.15) is 96.2 Å². The van der Waals surface area contributed by atoms with Crippen LogP contribution >= 0.6 is 0 Å². The van der Waals surface area contributed by atoms with Crippen molar-refractivity contribution in [2.75, 3.05) is 13.2 Å². The Morgan fingerprint density at radius 1 is 1.11 bits per heavy atom. The second-order valence-corrected chi connectivity index (χ2v) is 18.6. The van der Waals surface area contributed by atoms with Crippen molar-refractivity contribution in [3.05, 3.63) is 47.7 Å². The van der Waals surface area contributed by atoms with Crippen molar-refractivity contribution in [2.45, 2.75) is 126 Å². The van der Waals surface area contributed by atoms with Gasteiger partial charge in [0.2, 0.25) is 21.8 Å². The number of nitrogens with one attached hydrogen (secondary N) is 3. The molecule has 1 saturated heterocycles. The lowest BCUT2D eigenvalue weighted by atomic mass is 9.87. The Morgan fingerprint density at radius 3 is 2.64 bits per heavy atom. The van der Waals surface area contributed by atoms with Gasteiger partial charge in [0, 0.05) is 23.3 Å². The standard InChI is InChI=1S/C39H51N5O8S/c1-24(2)22-51-36(48)41-30-15-9-7-5-6-8-12-26-20-39(26,35(47)43-53(49,50)37(4)18-19-37)42-33(45)31-21-38(23-44(31)34(30)46)17-16-28-27-13-10-11-14-29(27)40-25(3)32(28)52-38/h8,10-14,24,26,30-31H,5-7,9,15-23H2,1-4H3,(H,41,48)(H,42,45)(H,43,47)/b12-8-/t26?,30-,31-,38+,39+/m0/s1. The number of nitrogens with zero attached hydrogens (tertiary/aromatic N) is 2. The number of aromatic nitrogens is 1. The Bertz CT molecular complexity index is 1960. The van der Waals surface area contributed by atoms with Gasteiger partial charge in [0.05, 0.1) is 29.1 Å². The maximum absolute atomic E-state index is 14.6. The van der Waals surface area contributed by atoms with Gasteiger partial charge in [-0.05, 0) is 77.2 Å². The molecule has 53 heavy (non-hydrogen) atoms. The second kappa shape index (κ2) is 13.9. The number of amides is 4. The summed E-state index contributed by atoms with van der Waals surface area (Å²) in [6.45, 7) is 7.60. The third-order valence-electron chi connectivity index (χ3n) is 11.7. The van der Waals surface area contributed by atoms with Gasteiger partial charge in [-0.2, -0.15) is 0 Å². The number of carbonyl (C=O) groups excluding carboxylic acids is 4. The number of rotatable bonds is 6. The fourth-order valence-electron chi connectivity index (χ4n) is 8.07. The van der Waals surface area contributed by atoms with Crippen LogP contribution in [0.4, 0.5) is 4.79 Å². The number of fused-ring (bicyclic) bond motifs is 5. The molecule has 2 saturated carbocycles. The van der Waals surface area contributed by atoms with E-state index in [0.29, 0.717) is 56.4 Å². The molecule has 4 amide bonds. The van der Waals surface area contributed by atoms with Crippen LogP contribution in [-0.2, 0) is 35.6 Å². The number of para-hydroxylation sites is 1. The number of aryl methyl sites for hydroxylation is 2. The third-order valence-corrected chi connectivity index (χ3v) is 13.9. The van der Waals surface area contributed by atoms with Gasteiger partial charge in [-0.1, -0.05) is 57.0 Å². The van der Waals surface area contributed by atoms with Crippen LogP contribution in [0.3, 0.4) is 0 Å². The molecule has 3 aliphatic heterocycles. The van der Waals surface area contributed by atoms with E-state index in [0.717, 1.165) is 29.3 Å². The average Bonchev–Trinajstić information content (AvgIpc) is 4.01. The van der Waals surface area contributed by atoms with Crippen LogP contribution in [0.25, 0.3) is 10.9 Å². The molecule has 7 rings (SSSR count). The number of hydrogen-bond acceptors (Lipinski definition) is 9. The molecule has 3 N–H and O–H groups in total. The first kappa shape index (κ1) is 37.1. The Balaban J connectivity index is 1.22. The summed E-state index contributed by atoms with van der Waals surface area (Å²) in [6, 6.07) is 5.86. The van der Waals surface area contributed by atoms with Gasteiger partial charge in [-0.3, -0.25) is 19.1 Å². The summed E-state index contributed by atoms with van der Waals surface area (Å²) in [5.74, 6) is -1.46. The lowest BCUT2D eigenvalue weighted by Gasteiger charge is -2.36. The molecule has 1 aromatic heterocycles. The predicted molar refractivity (Wildman–Crippen MR) is 197 cm³/mol. The quantitative estimate of drug-likeness (QED) is 0.363. The van der Waals surface area contributed by atoms with E-state index in [2.05, 4.69) is 15.4 Å². The molecule has 286 valence electrons. The second-order valence-electron chi connectivity index (χ2n) is 16.4. The smallest absolute Gasteiger partial charge is 0.407 e. The first-order valence-electron chi connectivity index (χ1n) is 19.0. The van der Waals surface area contributed by atoms with Gasteiger partial charge < -0.3 is 25.0 Å². The summed E-state index contributed by atoms with van der Waals surface area (Å²) in [4.78, 5) is 62.3. The molecule has 2 aromatic rings. The zero-order valence-electron chi connectivity index (χ0n) is 31.0. The first-order valence-corrected chi connectivity index (χ1v) is 20.5. The van der Waals surface area contributed by atoms with E-state index in [4.69, 9.17) is 14.5 Å². The Kier molecular flexibility index (Phi) is 9.73. The van der Waals surface area contributed by atoms with Gasteiger partial charge in [0.1, 0.15) is 29.0 Å². The molecule has 0 radical (unpaired) electrons. The largest absolute Gasteiger partial charge is 0.483 e. The minimum atomic E-state index is -3.97. The Labute approximate surface area is 311 Å². The van der Waals surface area contributed by atoms with Crippen molar-refractivity contribution in [1.82, 2.24) is 25.2 Å². The van der Waals surface area contributed by atoms with Gasteiger partial charge in [-0.15, -0.1) is 0 Å². The highest BCUT2D eigenvalue weighted by atomic mass is 32.2. The van der Waals surface area contributed by atoms with Crippen molar-refractivity contribution in [2.24, 2.45) is 11.8 Å². The Morgan fingerprint density at radius 2 is 1.89 bits per heavy atom. The minimum Gasteiger partial charge on any atom is -0.483 e. The van der Waals surface area contributed by atoms with Crippen LogP contribution in [0, 0.1) is 18.8 Å². The van der Waals surface area contributed by atoms with Gasteiger partial charge >= 0.3 is 6.09 Å². The van der Waals surface area contributed by atoms with Crippen LogP contribution in [0.15, 0.2) is 36.4 Å². The number of pyridine rings is 1. The van der Waals surface area contributed by atoms with Crippen molar-refractivity contribution >= 4 is 44.7 Å². The first-order chi connectivity index (χ1) is 25.2. The van der Waals surface area contributed by atoms with Gasteiger partial charge in [0.15, 0.2) is 0 Å². The summed E-state index contributed by atoms with van der Waals surface area (Å²) in [5, 5.41) is 6.73. The molecule has 1 unspecified atom stereocenters. The molecule has 13 nitrogen and oxygen atoms in total. The number of allylic oxidation sites excluding steroid dienone is 1. The van der Waals surface area contributed by atoms with Crippen molar-refractivity contribution in [3.8, 4) is 5.75 Å². The summed E-state index contributed by atoms with van der Waals surface area (Å²) in [5.41, 5.74) is 0.161. The highest BCUT2D eigenvalue weighted by Gasteiger charge is 2.64. The number of benzene rings is 1. The van der Waals surface area contributed by atoms with Crippen LogP contribution < -0.4 is 20.1 Å². The molecule has 2 aliphatic carbocycles. The molecule has 1 spiro atoms. The maximum Gasteiger partial charge on any atom is 0.407 e. The zero-order chi connectivity index (χ0) is 37.8. The van der Waals surface area contributed by atoms with Crippen molar-refractivity contribution in [3.63, 3.8) is 0 Å². The van der Waals surface area contributed by atoms with E-state index in [1.54, 1.807) is 6.92 Å². The van der Waals surface area contributed by atoms with E-state index >= 15 is 0 Å². The van der Waals surface area contributed by atoms with E-state index in [1.165, 1.54) is 4.90 Å². The predicted octanol–water partition coefficient (Wildman–Crippen LogP) is 4.35. The Hall–Kier alpha value is -4.20. The fourth-order valence-corrected chi connectivity index (χ4v) is 9.38. The van der Waals surface area contributed by atoms with Crippen LogP contribution in [0.5, 0.6) is 5.75 Å². The highest BCUT2D eigenvalue weighted by molar-refractivity contribution is 7.91. The van der Waals surface area contributed by atoms with E-state index in [9.17, 15) is 27.6 Å². The summed E-state index contributed by atoms with van der Waals surface area (Å²) < 4.78 is 39.9. The van der Waals surface area contributed by atoms with E-state index in [-0.39, 0.29) is 31.9 Å². The molecule has 4 heterocycles. The number of alkyl carbamates (subject to hydrolysis) is 1. The normalized spacial score (nSPS) is 30.1. The van der Waals surface area contributed by atoms with Gasteiger partial charge in [-0.25, -0.2) is 18.2 Å². The monoisotopic (exact) mass is 749 g/mol. The van der Waals surface area contributed by atoms with E-state index < -0.39 is 67.7 Å². The van der Waals surface area contributed by atoms with Crippen LogP contribution in [0.2, 0.25) is 0 Å². The molecular formula is C39H51N5O8S. The topological polar surface area (TPSA) is 173 Å². The lowest BCUT2D eigenvalue weighted by molar-refractivity contribution is -0.141. The van der Waals surface area contributed by atoms with Crippen molar-refractivity contribution < 1.29 is 37.1 Å². The molecular weight excluding hydrogens is 699 g/mol. The SMILES string of the molecule is Cc1nc2ccccc2c2c1O[C@]1(CC2)C[C@H]2C(=O)N[C@]3(C(=O)NS(=O)(=O)C4(C)CC4)CC3/C=C\CCCCC[C@H](NC(=O)OCC(C)C)C(=O)N2C1. The summed E-state index contributed by atoms with van der Waals surface area (Å²) >= 11 is 0. The average molecular weight is 750 g/mol. The van der Waals surface area contributed by atoms with Crippen LogP contribution in [-0.4, -0.2) is 83.2 Å². The van der Waals surface area contributed by atoms with E-state index in [1.807, 2.05) is 57.2 Å². The van der Waals surface area contributed by atoms with Gasteiger partial charge in [0.25, 0.3) is 5.91 Å². The highest BCUT2D eigenvalue weighted by Crippen LogP contribution is 2.49. The summed E-state index contributed by atoms with van der Waals surface area (Å²) in [6.07, 6.45) is 8.88. The molecule has 14 heteroatoms. The maximum atomic E-state index is 14.6. The van der Waals surface area contributed by atoms with Crippen molar-refractivity contribution in [1.29, 1.82) is 0 Å². The lowest BCUT2D eigenvalue weighted by Crippen LogP contribution is -2.58. The number of carbonyl (C=O) groups is 4. The molecule has 0 bridgehead atoms. The molecule has 5 aliphatic rings. The number of hydrogen-bond donors (Lipinski definition) is 3. The molecule has 3 fully saturated rings. The molecule has 5 atom stereocenters. The molecule has 1 aromatic carbocycles. The fraction of sp³-hybridized carbons (Fsp3) is 0.615. The third kappa shape index (κ3) is 7.23.